The van der Waals surface area contributed by atoms with Gasteiger partial charge in [-0.3, -0.25) is 9.88 Å². The number of hydrogen-bond acceptors (Lipinski definition) is 8. The molecule has 2 aromatic heterocycles. The molecule has 0 spiro atoms. The molecule has 232 valence electrons. The van der Waals surface area contributed by atoms with E-state index in [1.54, 1.807) is 12.3 Å². The van der Waals surface area contributed by atoms with Gasteiger partial charge in [0.15, 0.2) is 5.82 Å². The fraction of sp³-hybridized carbons (Fsp3) is 0.485. The van der Waals surface area contributed by atoms with Crippen LogP contribution in [0.1, 0.15) is 44.6 Å². The summed E-state index contributed by atoms with van der Waals surface area (Å²) in [6.07, 6.45) is 4.74. The van der Waals surface area contributed by atoms with Gasteiger partial charge in [0.05, 0.1) is 10.9 Å². The Labute approximate surface area is 253 Å². The molecule has 44 heavy (non-hydrogen) atoms. The van der Waals surface area contributed by atoms with Crippen LogP contribution in [0.4, 0.5) is 19.0 Å². The largest absolute Gasteiger partial charge is 0.508 e. The standard InChI is InChI=1S/C33H36F3N5O3/c1-2-23-26(35)7-6-20-14-22(42)15-24(27(20)23)29-28(36)30-25(17-37-29)31(40-9-4-12-43-13-5-10-40)39-32(38-30)44-19-33-8-3-11-41(33)18-21(34)16-33/h6-7,14-15,17,21,42H,2-5,8-13,16,18-19H2,1H3/t21-,33?/m1/s1. The smallest absolute Gasteiger partial charge is 0.319 e. The number of fused-ring (bicyclic) bond motifs is 3. The summed E-state index contributed by atoms with van der Waals surface area (Å²) in [6, 6.07) is 5.89. The summed E-state index contributed by atoms with van der Waals surface area (Å²) in [4.78, 5) is 18.1. The lowest BCUT2D eigenvalue weighted by Gasteiger charge is -2.31. The van der Waals surface area contributed by atoms with Crippen molar-refractivity contribution in [2.24, 2.45) is 0 Å². The van der Waals surface area contributed by atoms with Gasteiger partial charge in [0.1, 0.15) is 41.4 Å². The van der Waals surface area contributed by atoms with Crippen LogP contribution >= 0.6 is 0 Å². The van der Waals surface area contributed by atoms with E-state index in [4.69, 9.17) is 14.5 Å². The minimum Gasteiger partial charge on any atom is -0.508 e. The first kappa shape index (κ1) is 29.0. The van der Waals surface area contributed by atoms with Crippen molar-refractivity contribution in [3.8, 4) is 23.0 Å². The van der Waals surface area contributed by atoms with Gasteiger partial charge >= 0.3 is 6.01 Å². The zero-order valence-corrected chi connectivity index (χ0v) is 24.8. The number of halogens is 3. The Morgan fingerprint density at radius 2 is 1.91 bits per heavy atom. The number of pyridine rings is 1. The monoisotopic (exact) mass is 607 g/mol. The third kappa shape index (κ3) is 5.09. The van der Waals surface area contributed by atoms with Crippen LogP contribution in [0.2, 0.25) is 0 Å². The number of phenols is 1. The number of aromatic hydroxyl groups is 1. The predicted octanol–water partition coefficient (Wildman–Crippen LogP) is 5.96. The summed E-state index contributed by atoms with van der Waals surface area (Å²) < 4.78 is 58.0. The molecule has 3 aliphatic heterocycles. The van der Waals surface area contributed by atoms with E-state index in [1.165, 1.54) is 18.2 Å². The van der Waals surface area contributed by atoms with Crippen LogP contribution in [0.3, 0.4) is 0 Å². The van der Waals surface area contributed by atoms with Crippen molar-refractivity contribution >= 4 is 27.5 Å². The average Bonchev–Trinajstić information content (AvgIpc) is 3.51. The van der Waals surface area contributed by atoms with Crippen LogP contribution in [0, 0.1) is 11.6 Å². The lowest BCUT2D eigenvalue weighted by atomic mass is 9.94. The van der Waals surface area contributed by atoms with Crippen LogP contribution in [-0.2, 0) is 11.2 Å². The Hall–Kier alpha value is -3.70. The maximum absolute atomic E-state index is 16.7. The van der Waals surface area contributed by atoms with E-state index in [0.29, 0.717) is 73.2 Å². The SMILES string of the molecule is CCc1c(F)ccc2cc(O)cc(-c3ncc4c(N5CCCOCCC5)nc(OCC56CCCN5C[C@H](F)C6)nc4c3F)c12. The molecule has 3 saturated heterocycles. The van der Waals surface area contributed by atoms with Gasteiger partial charge < -0.3 is 19.5 Å². The van der Waals surface area contributed by atoms with Gasteiger partial charge in [-0.1, -0.05) is 13.0 Å². The maximum Gasteiger partial charge on any atom is 0.319 e. The van der Waals surface area contributed by atoms with Gasteiger partial charge in [0, 0.05) is 51.0 Å². The molecule has 8 nitrogen and oxygen atoms in total. The molecule has 2 atom stereocenters. The lowest BCUT2D eigenvalue weighted by Crippen LogP contribution is -2.43. The number of nitrogens with zero attached hydrogens (tertiary/aromatic N) is 5. The molecule has 0 bridgehead atoms. The fourth-order valence-electron chi connectivity index (χ4n) is 7.34. The molecule has 3 aliphatic rings. The molecule has 0 radical (unpaired) electrons. The summed E-state index contributed by atoms with van der Waals surface area (Å²) in [5, 5.41) is 12.0. The first-order valence-electron chi connectivity index (χ1n) is 15.5. The Morgan fingerprint density at radius 3 is 2.70 bits per heavy atom. The highest BCUT2D eigenvalue weighted by Gasteiger charge is 2.49. The van der Waals surface area contributed by atoms with Crippen molar-refractivity contribution in [1.82, 2.24) is 19.9 Å². The van der Waals surface area contributed by atoms with Crippen molar-refractivity contribution in [2.45, 2.75) is 57.2 Å². The van der Waals surface area contributed by atoms with Gasteiger partial charge in [0.25, 0.3) is 0 Å². The number of aromatic nitrogens is 3. The highest BCUT2D eigenvalue weighted by atomic mass is 19.1. The topological polar surface area (TPSA) is 83.8 Å². The Balaban J connectivity index is 1.37. The predicted molar refractivity (Wildman–Crippen MR) is 162 cm³/mol. The van der Waals surface area contributed by atoms with Crippen LogP contribution in [0.5, 0.6) is 11.8 Å². The van der Waals surface area contributed by atoms with Crippen LogP contribution in [0.15, 0.2) is 30.5 Å². The van der Waals surface area contributed by atoms with E-state index >= 15 is 4.39 Å². The normalized spacial score (nSPS) is 22.8. The molecular weight excluding hydrogens is 571 g/mol. The molecule has 5 heterocycles. The second-order valence-electron chi connectivity index (χ2n) is 12.2. The Bertz CT molecular complexity index is 1710. The minimum absolute atomic E-state index is 0.0199. The molecule has 2 aromatic carbocycles. The molecule has 0 saturated carbocycles. The molecule has 0 amide bonds. The van der Waals surface area contributed by atoms with Crippen LogP contribution in [0.25, 0.3) is 32.9 Å². The zero-order valence-electron chi connectivity index (χ0n) is 24.8. The van der Waals surface area contributed by atoms with Crippen LogP contribution < -0.4 is 9.64 Å². The number of alkyl halides is 1. The number of hydrogen-bond donors (Lipinski definition) is 1. The van der Waals surface area contributed by atoms with Crippen molar-refractivity contribution in [3.63, 3.8) is 0 Å². The molecule has 0 aliphatic carbocycles. The van der Waals surface area contributed by atoms with Crippen molar-refractivity contribution in [2.75, 3.05) is 50.9 Å². The summed E-state index contributed by atoms with van der Waals surface area (Å²) >= 11 is 0. The number of phenolic OH excluding ortho intramolecular Hbond substituents is 1. The van der Waals surface area contributed by atoms with E-state index in [9.17, 15) is 13.9 Å². The molecule has 4 aromatic rings. The summed E-state index contributed by atoms with van der Waals surface area (Å²) in [6.45, 7) is 5.78. The van der Waals surface area contributed by atoms with E-state index < -0.39 is 23.3 Å². The highest BCUT2D eigenvalue weighted by molar-refractivity contribution is 6.01. The zero-order chi connectivity index (χ0) is 30.4. The number of benzene rings is 2. The lowest BCUT2D eigenvalue weighted by molar-refractivity contribution is 0.107. The maximum atomic E-state index is 16.7. The summed E-state index contributed by atoms with van der Waals surface area (Å²) in [5.74, 6) is -0.686. The molecule has 7 rings (SSSR count). The van der Waals surface area contributed by atoms with Gasteiger partial charge in [-0.15, -0.1) is 0 Å². The van der Waals surface area contributed by atoms with E-state index in [2.05, 4.69) is 19.8 Å². The second-order valence-corrected chi connectivity index (χ2v) is 12.2. The Morgan fingerprint density at radius 1 is 1.09 bits per heavy atom. The average molecular weight is 608 g/mol. The first-order valence-corrected chi connectivity index (χ1v) is 15.5. The third-order valence-corrected chi connectivity index (χ3v) is 9.37. The van der Waals surface area contributed by atoms with Crippen molar-refractivity contribution in [3.05, 3.63) is 47.7 Å². The van der Waals surface area contributed by atoms with Crippen molar-refractivity contribution in [1.29, 1.82) is 0 Å². The molecule has 11 heteroatoms. The minimum atomic E-state index is -0.906. The molecular formula is C33H36F3N5O3. The molecule has 1 unspecified atom stereocenters. The van der Waals surface area contributed by atoms with Gasteiger partial charge in [-0.25, -0.2) is 13.2 Å². The van der Waals surface area contributed by atoms with E-state index in [0.717, 1.165) is 32.2 Å². The van der Waals surface area contributed by atoms with Crippen LogP contribution in [-0.4, -0.2) is 82.7 Å². The second kappa shape index (κ2) is 11.7. The molecule has 1 N–H and O–H groups in total. The third-order valence-electron chi connectivity index (χ3n) is 9.37. The van der Waals surface area contributed by atoms with Gasteiger partial charge in [0.2, 0.25) is 0 Å². The van der Waals surface area contributed by atoms with E-state index in [-0.39, 0.29) is 35.1 Å². The number of aryl methyl sites for hydroxylation is 1. The van der Waals surface area contributed by atoms with Crippen molar-refractivity contribution < 1.29 is 27.8 Å². The first-order chi connectivity index (χ1) is 21.4. The number of rotatable bonds is 6. The highest BCUT2D eigenvalue weighted by Crippen LogP contribution is 2.42. The van der Waals surface area contributed by atoms with Gasteiger partial charge in [-0.2, -0.15) is 9.97 Å². The summed E-state index contributed by atoms with van der Waals surface area (Å²) in [7, 11) is 0. The van der Waals surface area contributed by atoms with E-state index in [1.807, 2.05) is 6.92 Å². The number of anilines is 1. The van der Waals surface area contributed by atoms with Gasteiger partial charge in [-0.05, 0) is 73.2 Å². The summed E-state index contributed by atoms with van der Waals surface area (Å²) in [5.41, 5.74) is 0.250. The molecule has 3 fully saturated rings. The fourth-order valence-corrected chi connectivity index (χ4v) is 7.34. The quantitative estimate of drug-likeness (QED) is 0.288. The Kier molecular flexibility index (Phi) is 7.70. The number of ether oxygens (including phenoxy) is 2.